The molecule has 0 radical (unpaired) electrons. The van der Waals surface area contributed by atoms with E-state index in [1.807, 2.05) is 0 Å². The van der Waals surface area contributed by atoms with Gasteiger partial charge in [-0.3, -0.25) is 4.90 Å². The minimum absolute atomic E-state index is 0. The Labute approximate surface area is 160 Å². The fourth-order valence-electron chi connectivity index (χ4n) is 3.67. The van der Waals surface area contributed by atoms with Gasteiger partial charge in [-0.2, -0.15) is 0 Å². The lowest BCUT2D eigenvalue weighted by molar-refractivity contribution is 0.175. The molecule has 152 valence electrons. The number of hydrogen-bond acceptors (Lipinski definition) is 3. The maximum atomic E-state index is 2.55. The molecule has 0 saturated carbocycles. The zero-order valence-corrected chi connectivity index (χ0v) is 17.4. The van der Waals surface area contributed by atoms with Crippen molar-refractivity contribution in [3.05, 3.63) is 0 Å². The highest BCUT2D eigenvalue weighted by atomic mass is 15.2. The highest BCUT2D eigenvalue weighted by molar-refractivity contribution is 4.79. The molecule has 3 heteroatoms. The van der Waals surface area contributed by atoms with Gasteiger partial charge in [-0.15, -0.1) is 0 Å². The SMILES string of the molecule is C.CC(C)(C)N1CCCC1.CN1CCCCC1.CN1CCCCCC1. The molecule has 0 aliphatic carbocycles. The molecular weight excluding hydrogens is 306 g/mol. The van der Waals surface area contributed by atoms with Gasteiger partial charge in [-0.1, -0.05) is 26.7 Å². The van der Waals surface area contributed by atoms with Crippen molar-refractivity contribution in [1.82, 2.24) is 14.7 Å². The first-order chi connectivity index (χ1) is 11.4. The molecule has 0 aromatic rings. The van der Waals surface area contributed by atoms with Crippen molar-refractivity contribution < 1.29 is 0 Å². The molecule has 3 saturated heterocycles. The lowest BCUT2D eigenvalue weighted by Gasteiger charge is -2.31. The minimum Gasteiger partial charge on any atom is -0.306 e. The molecule has 0 aromatic carbocycles. The molecule has 0 atom stereocenters. The molecule has 3 fully saturated rings. The van der Waals surface area contributed by atoms with Crippen LogP contribution in [0.25, 0.3) is 0 Å². The minimum atomic E-state index is 0. The molecule has 0 N–H and O–H groups in total. The summed E-state index contributed by atoms with van der Waals surface area (Å²) in [5, 5.41) is 0. The van der Waals surface area contributed by atoms with Crippen LogP contribution in [0.15, 0.2) is 0 Å². The van der Waals surface area contributed by atoms with Crippen LogP contribution in [0, 0.1) is 0 Å². The van der Waals surface area contributed by atoms with Crippen LogP contribution in [-0.4, -0.2) is 73.6 Å². The number of likely N-dealkylation sites (tertiary alicyclic amines) is 3. The predicted octanol–water partition coefficient (Wildman–Crippen LogP) is 5.11. The van der Waals surface area contributed by atoms with Crippen molar-refractivity contribution in [3.63, 3.8) is 0 Å². The Bertz CT molecular complexity index is 278. The number of hydrogen-bond donors (Lipinski definition) is 0. The predicted molar refractivity (Wildman–Crippen MR) is 115 cm³/mol. The van der Waals surface area contributed by atoms with Gasteiger partial charge in [0, 0.05) is 5.54 Å². The van der Waals surface area contributed by atoms with Gasteiger partial charge in [0.1, 0.15) is 0 Å². The normalized spacial score (nSPS) is 23.4. The van der Waals surface area contributed by atoms with Crippen molar-refractivity contribution >= 4 is 0 Å². The quantitative estimate of drug-likeness (QED) is 0.598. The lowest BCUT2D eigenvalue weighted by atomic mass is 10.1. The topological polar surface area (TPSA) is 9.72 Å². The summed E-state index contributed by atoms with van der Waals surface area (Å²) in [7, 11) is 4.41. The fourth-order valence-corrected chi connectivity index (χ4v) is 3.67. The van der Waals surface area contributed by atoms with Crippen LogP contribution >= 0.6 is 0 Å². The maximum absolute atomic E-state index is 2.55. The van der Waals surface area contributed by atoms with E-state index < -0.39 is 0 Å². The Morgan fingerprint density at radius 2 is 0.760 bits per heavy atom. The third kappa shape index (κ3) is 12.8. The smallest absolute Gasteiger partial charge is 0.0125 e. The first-order valence-electron chi connectivity index (χ1n) is 10.5. The van der Waals surface area contributed by atoms with Crippen LogP contribution in [0.3, 0.4) is 0 Å². The van der Waals surface area contributed by atoms with Crippen molar-refractivity contribution in [2.45, 2.75) is 91.5 Å². The van der Waals surface area contributed by atoms with Gasteiger partial charge in [0.25, 0.3) is 0 Å². The molecule has 25 heavy (non-hydrogen) atoms. The third-order valence-corrected chi connectivity index (χ3v) is 5.46. The summed E-state index contributed by atoms with van der Waals surface area (Å²) in [5.41, 5.74) is 0.413. The molecule has 0 amide bonds. The van der Waals surface area contributed by atoms with Crippen molar-refractivity contribution in [2.75, 3.05) is 53.4 Å². The molecule has 0 bridgehead atoms. The first kappa shape index (κ1) is 24.9. The summed E-state index contributed by atoms with van der Waals surface area (Å²) in [6.45, 7) is 14.8. The molecule has 3 aliphatic rings. The van der Waals surface area contributed by atoms with E-state index in [0.717, 1.165) is 0 Å². The Morgan fingerprint density at radius 3 is 1.04 bits per heavy atom. The molecule has 3 nitrogen and oxygen atoms in total. The Hall–Kier alpha value is -0.120. The van der Waals surface area contributed by atoms with Gasteiger partial charge < -0.3 is 9.80 Å². The fraction of sp³-hybridized carbons (Fsp3) is 1.00. The summed E-state index contributed by atoms with van der Waals surface area (Å²) >= 11 is 0. The standard InChI is InChI=1S/C8H17N.C7H15N.C6H13N.CH4/c1-8(2,3)9-6-4-5-7-9;1-8-6-4-2-3-5-7-8;1-7-5-3-2-4-6-7;/h4-7H2,1-3H3;2-7H2,1H3;2-6H2,1H3;1H4. The summed E-state index contributed by atoms with van der Waals surface area (Å²) in [5.74, 6) is 0. The van der Waals surface area contributed by atoms with Gasteiger partial charge >= 0.3 is 0 Å². The molecule has 3 rings (SSSR count). The monoisotopic (exact) mass is 355 g/mol. The maximum Gasteiger partial charge on any atom is 0.0125 e. The zero-order chi connectivity index (χ0) is 17.8. The second kappa shape index (κ2) is 14.0. The largest absolute Gasteiger partial charge is 0.306 e. The summed E-state index contributed by atoms with van der Waals surface area (Å²) in [4.78, 5) is 7.36. The average Bonchev–Trinajstić information content (AvgIpc) is 2.98. The van der Waals surface area contributed by atoms with Crippen LogP contribution in [0.5, 0.6) is 0 Å². The highest BCUT2D eigenvalue weighted by Crippen LogP contribution is 2.19. The second-order valence-electron chi connectivity index (χ2n) is 8.95. The van der Waals surface area contributed by atoms with Crippen LogP contribution in [0.2, 0.25) is 0 Å². The van der Waals surface area contributed by atoms with E-state index in [0.29, 0.717) is 5.54 Å². The van der Waals surface area contributed by atoms with Crippen molar-refractivity contribution in [1.29, 1.82) is 0 Å². The van der Waals surface area contributed by atoms with E-state index in [1.54, 1.807) is 0 Å². The van der Waals surface area contributed by atoms with Crippen LogP contribution < -0.4 is 0 Å². The molecule has 0 spiro atoms. The van der Waals surface area contributed by atoms with E-state index in [1.165, 1.54) is 97.1 Å². The number of nitrogens with zero attached hydrogens (tertiary/aromatic N) is 3. The molecule has 3 heterocycles. The Morgan fingerprint density at radius 1 is 0.480 bits per heavy atom. The lowest BCUT2D eigenvalue weighted by Crippen LogP contribution is -2.38. The van der Waals surface area contributed by atoms with E-state index in [9.17, 15) is 0 Å². The molecule has 0 unspecified atom stereocenters. The van der Waals surface area contributed by atoms with E-state index >= 15 is 0 Å². The van der Waals surface area contributed by atoms with Crippen molar-refractivity contribution in [2.24, 2.45) is 0 Å². The second-order valence-corrected chi connectivity index (χ2v) is 8.95. The van der Waals surface area contributed by atoms with Gasteiger partial charge in [-0.05, 0) is 113 Å². The third-order valence-electron chi connectivity index (χ3n) is 5.46. The average molecular weight is 356 g/mol. The Balaban J connectivity index is 0.000000341. The highest BCUT2D eigenvalue weighted by Gasteiger charge is 2.23. The summed E-state index contributed by atoms with van der Waals surface area (Å²) < 4.78 is 0. The van der Waals surface area contributed by atoms with Crippen LogP contribution in [-0.2, 0) is 0 Å². The van der Waals surface area contributed by atoms with Crippen LogP contribution in [0.1, 0.15) is 86.0 Å². The Kier molecular flexibility index (Phi) is 13.9. The van der Waals surface area contributed by atoms with Gasteiger partial charge in [0.15, 0.2) is 0 Å². The zero-order valence-electron chi connectivity index (χ0n) is 17.4. The van der Waals surface area contributed by atoms with Gasteiger partial charge in [-0.25, -0.2) is 0 Å². The van der Waals surface area contributed by atoms with E-state index in [-0.39, 0.29) is 7.43 Å². The molecule has 0 aromatic heterocycles. The van der Waals surface area contributed by atoms with Gasteiger partial charge in [0.05, 0.1) is 0 Å². The van der Waals surface area contributed by atoms with Crippen molar-refractivity contribution in [3.8, 4) is 0 Å². The number of piperidine rings is 1. The summed E-state index contributed by atoms with van der Waals surface area (Å²) in [6, 6.07) is 0. The summed E-state index contributed by atoms with van der Waals surface area (Å²) in [6.07, 6.45) is 12.8. The molecule has 3 aliphatic heterocycles. The number of rotatable bonds is 0. The van der Waals surface area contributed by atoms with E-state index in [2.05, 4.69) is 49.6 Å². The molecular formula is C22H49N3. The first-order valence-corrected chi connectivity index (χ1v) is 10.5. The van der Waals surface area contributed by atoms with Crippen LogP contribution in [0.4, 0.5) is 0 Å². The van der Waals surface area contributed by atoms with Gasteiger partial charge in [0.2, 0.25) is 0 Å². The van der Waals surface area contributed by atoms with E-state index in [4.69, 9.17) is 0 Å².